The summed E-state index contributed by atoms with van der Waals surface area (Å²) in [6.07, 6.45) is 76.8. The predicted octanol–water partition coefficient (Wildman–Crippen LogP) is 19.5. The number of carbonyl (C=O) groups is 1. The van der Waals surface area contributed by atoms with Gasteiger partial charge < -0.3 is 25.7 Å². The largest absolute Gasteiger partial charge is 0.394 e. The van der Waals surface area contributed by atoms with Crippen LogP contribution in [0.3, 0.4) is 0 Å². The molecule has 0 rings (SSSR count). The van der Waals surface area contributed by atoms with Gasteiger partial charge in [0.1, 0.15) is 12.2 Å². The summed E-state index contributed by atoms with van der Waals surface area (Å²) in [4.78, 5) is 12.6. The van der Waals surface area contributed by atoms with Crippen LogP contribution in [0.2, 0.25) is 0 Å². The lowest BCUT2D eigenvalue weighted by Crippen LogP contribution is -2.53. The number of unbranched alkanes of at least 4 members (excludes halogenated alkanes) is 45. The highest BCUT2D eigenvalue weighted by molar-refractivity contribution is 5.80. The minimum atomic E-state index is -1.29. The third-order valence-corrected chi connectivity index (χ3v) is 15.3. The molecule has 0 aromatic rings. The van der Waals surface area contributed by atoms with Crippen LogP contribution >= 0.6 is 0 Å². The highest BCUT2D eigenvalue weighted by atomic mass is 16.3. The molecule has 0 fully saturated rings. The lowest BCUT2D eigenvalue weighted by molar-refractivity contribution is -0.132. The zero-order chi connectivity index (χ0) is 52.3. The highest BCUT2D eigenvalue weighted by Crippen LogP contribution is 2.19. The summed E-state index contributed by atoms with van der Waals surface area (Å²) in [5, 5.41) is 44.1. The summed E-state index contributed by atoms with van der Waals surface area (Å²) in [6, 6.07) is -1.01. The van der Waals surface area contributed by atoms with Gasteiger partial charge in [-0.15, -0.1) is 0 Å². The van der Waals surface area contributed by atoms with Crippen LogP contribution in [-0.2, 0) is 4.79 Å². The van der Waals surface area contributed by atoms with Crippen molar-refractivity contribution >= 4 is 5.91 Å². The minimum absolute atomic E-state index is 0.362. The van der Waals surface area contributed by atoms with Gasteiger partial charge in [-0.3, -0.25) is 4.79 Å². The molecule has 1 amide bonds. The highest BCUT2D eigenvalue weighted by Gasteiger charge is 2.28. The third kappa shape index (κ3) is 53.4. The summed E-state index contributed by atoms with van der Waals surface area (Å²) in [5.74, 6) is -0.593. The van der Waals surface area contributed by atoms with E-state index in [9.17, 15) is 25.2 Å². The molecule has 6 heteroatoms. The van der Waals surface area contributed by atoms with Crippen LogP contribution < -0.4 is 5.32 Å². The Bertz CT molecular complexity index is 1140. The molecule has 0 aliphatic heterocycles. The molecule has 0 aliphatic rings. The van der Waals surface area contributed by atoms with Gasteiger partial charge in [-0.2, -0.15) is 0 Å². The van der Waals surface area contributed by atoms with Crippen LogP contribution in [0, 0.1) is 0 Å². The number of allylic oxidation sites excluding steroid dienone is 6. The topological polar surface area (TPSA) is 110 Å². The van der Waals surface area contributed by atoms with E-state index < -0.39 is 36.9 Å². The van der Waals surface area contributed by atoms with Crippen LogP contribution in [0.4, 0.5) is 0 Å². The Morgan fingerprint density at radius 2 is 0.583 bits per heavy atom. The van der Waals surface area contributed by atoms with Gasteiger partial charge in [0.05, 0.1) is 18.8 Å². The molecule has 0 aromatic heterocycles. The van der Waals surface area contributed by atoms with E-state index in [1.165, 1.54) is 263 Å². The SMILES string of the molecule is CCCCCCCCCCC/C=C/CC/C=C/CC/C=C/CCCC(O)C(O)C(CO)NC(=O)C(O)CCCCCCCCCCCCCCCCCCCCCCCCCCCCCCCCCCCC. The maximum Gasteiger partial charge on any atom is 0.249 e. The quantitative estimate of drug-likeness (QED) is 0.0308. The number of hydrogen-bond donors (Lipinski definition) is 5. The Morgan fingerprint density at radius 3 is 0.875 bits per heavy atom. The van der Waals surface area contributed by atoms with Crippen molar-refractivity contribution in [2.24, 2.45) is 0 Å². The van der Waals surface area contributed by atoms with E-state index in [-0.39, 0.29) is 0 Å². The Balaban J connectivity index is 3.58. The average molecular weight is 1010 g/mol. The molecular formula is C66H127NO5. The number of aliphatic hydroxyl groups excluding tert-OH is 4. The number of aliphatic hydroxyl groups is 4. The molecule has 0 saturated heterocycles. The molecule has 0 aliphatic carbocycles. The van der Waals surface area contributed by atoms with Crippen LogP contribution in [-0.4, -0.2) is 57.3 Å². The lowest BCUT2D eigenvalue weighted by Gasteiger charge is -2.27. The molecule has 4 atom stereocenters. The van der Waals surface area contributed by atoms with Crippen molar-refractivity contribution in [3.63, 3.8) is 0 Å². The molecule has 0 saturated carbocycles. The Hall–Kier alpha value is -1.47. The fraction of sp³-hybridized carbons (Fsp3) is 0.894. The summed E-state index contributed by atoms with van der Waals surface area (Å²) in [5.41, 5.74) is 0. The maximum atomic E-state index is 12.6. The van der Waals surface area contributed by atoms with Gasteiger partial charge in [0.15, 0.2) is 0 Å². The fourth-order valence-corrected chi connectivity index (χ4v) is 10.3. The van der Waals surface area contributed by atoms with E-state index in [1.54, 1.807) is 0 Å². The smallest absolute Gasteiger partial charge is 0.249 e. The zero-order valence-electron chi connectivity index (χ0n) is 48.4. The van der Waals surface area contributed by atoms with E-state index in [1.807, 2.05) is 0 Å². The molecule has 426 valence electrons. The molecule has 6 nitrogen and oxygen atoms in total. The minimum Gasteiger partial charge on any atom is -0.394 e. The number of nitrogens with one attached hydrogen (secondary N) is 1. The zero-order valence-corrected chi connectivity index (χ0v) is 48.4. The molecule has 5 N–H and O–H groups in total. The standard InChI is InChI=1S/C66H127NO5/c1-3-5-7-9-11-13-15-17-19-21-23-25-27-28-29-30-31-32-33-34-35-36-37-38-40-42-44-46-48-50-52-54-56-58-60-64(70)66(72)67-62(61-68)65(71)63(69)59-57-55-53-51-49-47-45-43-41-39-26-24-22-20-18-16-14-12-10-8-6-4-2/h24,26,43,45,51,53,62-65,68-71H,3-23,25,27-42,44,46-50,52,54-61H2,1-2H3,(H,67,72)/b26-24+,45-43+,53-51+. The first-order valence-electron chi connectivity index (χ1n) is 32.4. The van der Waals surface area contributed by atoms with Gasteiger partial charge in [0.25, 0.3) is 0 Å². The Kier molecular flexibility index (Phi) is 59.2. The van der Waals surface area contributed by atoms with Gasteiger partial charge in [0.2, 0.25) is 5.91 Å². The summed E-state index contributed by atoms with van der Waals surface area (Å²) < 4.78 is 0. The number of carbonyl (C=O) groups excluding carboxylic acids is 1. The molecule has 0 spiro atoms. The van der Waals surface area contributed by atoms with Crippen LogP contribution in [0.25, 0.3) is 0 Å². The summed E-state index contributed by atoms with van der Waals surface area (Å²) in [7, 11) is 0. The maximum absolute atomic E-state index is 12.6. The summed E-state index contributed by atoms with van der Waals surface area (Å²) in [6.45, 7) is 4.08. The predicted molar refractivity (Wildman–Crippen MR) is 316 cm³/mol. The van der Waals surface area contributed by atoms with E-state index in [0.29, 0.717) is 19.3 Å². The monoisotopic (exact) mass is 1010 g/mol. The molecule has 0 aromatic carbocycles. The third-order valence-electron chi connectivity index (χ3n) is 15.3. The second-order valence-corrected chi connectivity index (χ2v) is 22.4. The number of rotatable bonds is 60. The molecule has 72 heavy (non-hydrogen) atoms. The van der Waals surface area contributed by atoms with Crippen molar-refractivity contribution in [2.45, 2.75) is 372 Å². The van der Waals surface area contributed by atoms with Gasteiger partial charge in [-0.1, -0.05) is 320 Å². The van der Waals surface area contributed by atoms with E-state index in [4.69, 9.17) is 0 Å². The lowest BCUT2D eigenvalue weighted by atomic mass is 10.00. The molecular weight excluding hydrogens is 887 g/mol. The fourth-order valence-electron chi connectivity index (χ4n) is 10.3. The Morgan fingerprint density at radius 1 is 0.333 bits per heavy atom. The van der Waals surface area contributed by atoms with Gasteiger partial charge >= 0.3 is 0 Å². The van der Waals surface area contributed by atoms with Crippen molar-refractivity contribution < 1.29 is 25.2 Å². The second kappa shape index (κ2) is 60.4. The van der Waals surface area contributed by atoms with E-state index in [2.05, 4.69) is 55.6 Å². The van der Waals surface area contributed by atoms with Crippen LogP contribution in [0.1, 0.15) is 348 Å². The normalized spacial score (nSPS) is 13.8. The molecule has 0 heterocycles. The summed E-state index contributed by atoms with van der Waals surface area (Å²) >= 11 is 0. The number of hydrogen-bond acceptors (Lipinski definition) is 5. The first-order chi connectivity index (χ1) is 35.5. The first kappa shape index (κ1) is 70.5. The van der Waals surface area contributed by atoms with Crippen LogP contribution in [0.5, 0.6) is 0 Å². The second-order valence-electron chi connectivity index (χ2n) is 22.4. The van der Waals surface area contributed by atoms with Gasteiger partial charge in [-0.05, 0) is 64.2 Å². The molecule has 0 radical (unpaired) electrons. The van der Waals surface area contributed by atoms with Crippen molar-refractivity contribution in [3.05, 3.63) is 36.5 Å². The molecule has 0 bridgehead atoms. The van der Waals surface area contributed by atoms with Gasteiger partial charge in [0, 0.05) is 0 Å². The van der Waals surface area contributed by atoms with E-state index in [0.717, 1.165) is 51.4 Å². The van der Waals surface area contributed by atoms with Crippen molar-refractivity contribution in [3.8, 4) is 0 Å². The van der Waals surface area contributed by atoms with Gasteiger partial charge in [-0.25, -0.2) is 0 Å². The average Bonchev–Trinajstić information content (AvgIpc) is 3.39. The molecule has 4 unspecified atom stereocenters. The van der Waals surface area contributed by atoms with Crippen molar-refractivity contribution in [1.29, 1.82) is 0 Å². The van der Waals surface area contributed by atoms with Crippen molar-refractivity contribution in [2.75, 3.05) is 6.61 Å². The van der Waals surface area contributed by atoms with Crippen LogP contribution in [0.15, 0.2) is 36.5 Å². The van der Waals surface area contributed by atoms with Crippen molar-refractivity contribution in [1.82, 2.24) is 5.32 Å². The van der Waals surface area contributed by atoms with E-state index >= 15 is 0 Å². The number of amides is 1. The Labute approximate surface area is 449 Å². The first-order valence-corrected chi connectivity index (χ1v) is 32.4.